The third kappa shape index (κ3) is 1.11. The van der Waals surface area contributed by atoms with Crippen LogP contribution in [0, 0.1) is 5.92 Å². The standard InChI is InChI=1S/C8H10N4O2/c1-3-5-9-8-10-6(13)4(2)7(14)12(8)11-5/h4H,3H2,1-2H3,(H,9,10,11,13). The van der Waals surface area contributed by atoms with E-state index in [2.05, 4.69) is 15.4 Å². The molecule has 1 atom stereocenters. The lowest BCUT2D eigenvalue weighted by Gasteiger charge is -2.16. The molecule has 1 aliphatic rings. The predicted molar refractivity (Wildman–Crippen MR) is 47.8 cm³/mol. The minimum atomic E-state index is -0.686. The quantitative estimate of drug-likeness (QED) is 0.642. The molecule has 2 rings (SSSR count). The Labute approximate surface area is 80.3 Å². The Balaban J connectivity index is 2.48. The molecule has 0 aliphatic carbocycles. The number of rotatable bonds is 1. The number of nitrogens with one attached hydrogen (secondary N) is 1. The Morgan fingerprint density at radius 2 is 2.21 bits per heavy atom. The van der Waals surface area contributed by atoms with E-state index in [1.807, 2.05) is 6.92 Å². The van der Waals surface area contributed by atoms with Crippen molar-refractivity contribution < 1.29 is 9.59 Å². The normalized spacial score (nSPS) is 20.6. The van der Waals surface area contributed by atoms with Gasteiger partial charge in [-0.2, -0.15) is 9.67 Å². The summed E-state index contributed by atoms with van der Waals surface area (Å²) in [4.78, 5) is 26.8. The maximum Gasteiger partial charge on any atom is 0.262 e. The molecule has 74 valence electrons. The van der Waals surface area contributed by atoms with Gasteiger partial charge in [0.05, 0.1) is 0 Å². The molecule has 1 aromatic heterocycles. The molecule has 0 fully saturated rings. The first-order valence-electron chi connectivity index (χ1n) is 4.44. The highest BCUT2D eigenvalue weighted by Crippen LogP contribution is 2.16. The van der Waals surface area contributed by atoms with Gasteiger partial charge in [0, 0.05) is 6.42 Å². The summed E-state index contributed by atoms with van der Waals surface area (Å²) in [5, 5.41) is 6.50. The van der Waals surface area contributed by atoms with Gasteiger partial charge in [-0.1, -0.05) is 6.92 Å². The highest BCUT2D eigenvalue weighted by molar-refractivity contribution is 6.10. The Hall–Kier alpha value is -1.72. The van der Waals surface area contributed by atoms with Gasteiger partial charge in [0.1, 0.15) is 5.92 Å². The monoisotopic (exact) mass is 194 g/mol. The van der Waals surface area contributed by atoms with Gasteiger partial charge < -0.3 is 0 Å². The molecule has 1 N–H and O–H groups in total. The minimum Gasteiger partial charge on any atom is -0.294 e. The number of carbonyl (C=O) groups is 2. The summed E-state index contributed by atoms with van der Waals surface area (Å²) in [6, 6.07) is 0. The van der Waals surface area contributed by atoms with Gasteiger partial charge in [-0.05, 0) is 6.92 Å². The van der Waals surface area contributed by atoms with E-state index >= 15 is 0 Å². The van der Waals surface area contributed by atoms with Crippen LogP contribution in [0.3, 0.4) is 0 Å². The summed E-state index contributed by atoms with van der Waals surface area (Å²) in [5.74, 6) is -0.542. The Bertz CT molecular complexity index is 409. The van der Waals surface area contributed by atoms with Gasteiger partial charge >= 0.3 is 0 Å². The number of hydrogen-bond donors (Lipinski definition) is 1. The first-order valence-corrected chi connectivity index (χ1v) is 4.44. The molecule has 0 saturated heterocycles. The zero-order chi connectivity index (χ0) is 10.3. The van der Waals surface area contributed by atoms with Crippen LogP contribution in [0.15, 0.2) is 0 Å². The number of amides is 1. The summed E-state index contributed by atoms with van der Waals surface area (Å²) < 4.78 is 1.16. The van der Waals surface area contributed by atoms with Crippen LogP contribution < -0.4 is 5.32 Å². The van der Waals surface area contributed by atoms with Gasteiger partial charge in [-0.15, -0.1) is 5.10 Å². The second kappa shape index (κ2) is 2.90. The van der Waals surface area contributed by atoms with Gasteiger partial charge in [0.15, 0.2) is 5.82 Å². The summed E-state index contributed by atoms with van der Waals surface area (Å²) in [6.07, 6.45) is 0.636. The van der Waals surface area contributed by atoms with Crippen molar-refractivity contribution in [3.63, 3.8) is 0 Å². The maximum absolute atomic E-state index is 11.6. The van der Waals surface area contributed by atoms with E-state index in [4.69, 9.17) is 0 Å². The molecular formula is C8H10N4O2. The molecule has 1 amide bonds. The van der Waals surface area contributed by atoms with Crippen molar-refractivity contribution in [1.82, 2.24) is 14.8 Å². The molecule has 6 heteroatoms. The number of carbonyl (C=O) groups excluding carboxylic acids is 2. The van der Waals surface area contributed by atoms with Crippen LogP contribution in [0.25, 0.3) is 0 Å². The van der Waals surface area contributed by atoms with Gasteiger partial charge in [0.25, 0.3) is 5.91 Å². The third-order valence-corrected chi connectivity index (χ3v) is 2.17. The molecular weight excluding hydrogens is 184 g/mol. The molecule has 6 nitrogen and oxygen atoms in total. The van der Waals surface area contributed by atoms with Crippen LogP contribution in [-0.4, -0.2) is 26.6 Å². The van der Waals surface area contributed by atoms with Crippen LogP contribution in [0.2, 0.25) is 0 Å². The average Bonchev–Trinajstić information content (AvgIpc) is 2.57. The summed E-state index contributed by atoms with van der Waals surface area (Å²) in [6.45, 7) is 3.44. The van der Waals surface area contributed by atoms with Crippen molar-refractivity contribution in [3.05, 3.63) is 5.82 Å². The van der Waals surface area contributed by atoms with E-state index in [0.29, 0.717) is 12.2 Å². The predicted octanol–water partition coefficient (Wildman–Crippen LogP) is 0.0689. The van der Waals surface area contributed by atoms with Crippen LogP contribution in [0.5, 0.6) is 0 Å². The van der Waals surface area contributed by atoms with Crippen LogP contribution >= 0.6 is 0 Å². The number of aromatic nitrogens is 3. The van der Waals surface area contributed by atoms with Gasteiger partial charge in [0.2, 0.25) is 11.9 Å². The number of fused-ring (bicyclic) bond motifs is 1. The van der Waals surface area contributed by atoms with Gasteiger partial charge in [-0.3, -0.25) is 14.9 Å². The number of anilines is 1. The smallest absolute Gasteiger partial charge is 0.262 e. The fourth-order valence-electron chi connectivity index (χ4n) is 1.25. The molecule has 1 aliphatic heterocycles. The molecule has 0 spiro atoms. The second-order valence-electron chi connectivity index (χ2n) is 3.17. The number of hydrogen-bond acceptors (Lipinski definition) is 4. The summed E-state index contributed by atoms with van der Waals surface area (Å²) in [5.41, 5.74) is 0. The molecule has 2 heterocycles. The Kier molecular flexibility index (Phi) is 1.83. The van der Waals surface area contributed by atoms with E-state index in [1.165, 1.54) is 0 Å². The van der Waals surface area contributed by atoms with Crippen LogP contribution in [0.1, 0.15) is 24.5 Å². The largest absolute Gasteiger partial charge is 0.294 e. The molecule has 0 radical (unpaired) electrons. The van der Waals surface area contributed by atoms with E-state index in [1.54, 1.807) is 6.92 Å². The third-order valence-electron chi connectivity index (χ3n) is 2.17. The first kappa shape index (κ1) is 8.86. The van der Waals surface area contributed by atoms with Crippen molar-refractivity contribution in [2.24, 2.45) is 5.92 Å². The fraction of sp³-hybridized carbons (Fsp3) is 0.500. The number of nitrogens with zero attached hydrogens (tertiary/aromatic N) is 3. The molecule has 1 unspecified atom stereocenters. The van der Waals surface area contributed by atoms with Crippen LogP contribution in [0.4, 0.5) is 5.95 Å². The molecule has 0 saturated carbocycles. The van der Waals surface area contributed by atoms with Crippen molar-refractivity contribution in [3.8, 4) is 0 Å². The molecule has 1 aromatic rings. The van der Waals surface area contributed by atoms with E-state index in [9.17, 15) is 9.59 Å². The van der Waals surface area contributed by atoms with E-state index < -0.39 is 5.92 Å². The fourth-order valence-corrected chi connectivity index (χ4v) is 1.25. The van der Waals surface area contributed by atoms with Gasteiger partial charge in [-0.25, -0.2) is 0 Å². The number of aryl methyl sites for hydroxylation is 1. The highest BCUT2D eigenvalue weighted by Gasteiger charge is 2.32. The lowest BCUT2D eigenvalue weighted by molar-refractivity contribution is -0.118. The first-order chi connectivity index (χ1) is 6.63. The summed E-state index contributed by atoms with van der Waals surface area (Å²) in [7, 11) is 0. The van der Waals surface area contributed by atoms with Crippen molar-refractivity contribution in [2.45, 2.75) is 20.3 Å². The molecule has 14 heavy (non-hydrogen) atoms. The highest BCUT2D eigenvalue weighted by atomic mass is 16.2. The van der Waals surface area contributed by atoms with Crippen molar-refractivity contribution in [2.75, 3.05) is 5.32 Å². The minimum absolute atomic E-state index is 0.231. The van der Waals surface area contributed by atoms with E-state index in [0.717, 1.165) is 4.68 Å². The summed E-state index contributed by atoms with van der Waals surface area (Å²) >= 11 is 0. The maximum atomic E-state index is 11.6. The average molecular weight is 194 g/mol. The van der Waals surface area contributed by atoms with Crippen molar-refractivity contribution in [1.29, 1.82) is 0 Å². The van der Waals surface area contributed by atoms with Crippen molar-refractivity contribution >= 4 is 17.8 Å². The second-order valence-corrected chi connectivity index (χ2v) is 3.17. The molecule has 0 aromatic carbocycles. The SMILES string of the molecule is CCc1nc2n(n1)C(=O)C(C)C(=O)N2. The topological polar surface area (TPSA) is 76.9 Å². The Morgan fingerprint density at radius 3 is 2.86 bits per heavy atom. The zero-order valence-corrected chi connectivity index (χ0v) is 7.94. The lowest BCUT2D eigenvalue weighted by atomic mass is 10.1. The molecule has 0 bridgehead atoms. The lowest BCUT2D eigenvalue weighted by Crippen LogP contribution is -2.38. The Morgan fingerprint density at radius 1 is 1.50 bits per heavy atom. The van der Waals surface area contributed by atoms with E-state index in [-0.39, 0.29) is 17.8 Å². The zero-order valence-electron chi connectivity index (χ0n) is 7.94. The van der Waals surface area contributed by atoms with Crippen LogP contribution in [-0.2, 0) is 11.2 Å².